The van der Waals surface area contributed by atoms with Crippen molar-refractivity contribution < 1.29 is 38.1 Å². The van der Waals surface area contributed by atoms with E-state index in [0.717, 1.165) is 74.0 Å². The summed E-state index contributed by atoms with van der Waals surface area (Å²) in [5, 5.41) is 1.22. The quantitative estimate of drug-likeness (QED) is 0.139. The number of carbonyl (C=O) groups is 4. The van der Waals surface area contributed by atoms with Crippen molar-refractivity contribution in [2.75, 3.05) is 0 Å². The van der Waals surface area contributed by atoms with Crippen LogP contribution in [0.5, 0.6) is 0 Å². The van der Waals surface area contributed by atoms with E-state index in [1.165, 1.54) is 6.42 Å². The molecule has 3 saturated carbocycles. The summed E-state index contributed by atoms with van der Waals surface area (Å²) < 4.78 is 23.9. The summed E-state index contributed by atoms with van der Waals surface area (Å²) >= 11 is 0. The zero-order valence-electron chi connectivity index (χ0n) is 33.0. The van der Waals surface area contributed by atoms with E-state index in [0.29, 0.717) is 79.2 Å². The third-order valence-electron chi connectivity index (χ3n) is 12.9. The van der Waals surface area contributed by atoms with Crippen LogP contribution in [0.15, 0.2) is 66.5 Å². The first-order valence-corrected chi connectivity index (χ1v) is 21.3. The van der Waals surface area contributed by atoms with Gasteiger partial charge < -0.3 is 18.9 Å². The Morgan fingerprint density at radius 2 is 1.09 bits per heavy atom. The highest BCUT2D eigenvalue weighted by atomic mass is 16.6. The van der Waals surface area contributed by atoms with Crippen molar-refractivity contribution in [1.29, 1.82) is 0 Å². The minimum Gasteiger partial charge on any atom is -0.462 e. The van der Waals surface area contributed by atoms with E-state index in [9.17, 15) is 19.2 Å². The number of rotatable bonds is 11. The molecule has 4 aliphatic rings. The van der Waals surface area contributed by atoms with E-state index in [-0.39, 0.29) is 42.3 Å². The number of allylic oxidation sites excluding steroid dienone is 1. The average molecular weight is 764 g/mol. The van der Waals surface area contributed by atoms with Crippen LogP contribution in [0.1, 0.15) is 144 Å². The van der Waals surface area contributed by atoms with Gasteiger partial charge in [0.2, 0.25) is 0 Å². The summed E-state index contributed by atoms with van der Waals surface area (Å²) in [7, 11) is 0. The number of esters is 4. The van der Waals surface area contributed by atoms with Crippen LogP contribution < -0.4 is 0 Å². The average Bonchev–Trinajstić information content (AvgIpc) is 3.24. The van der Waals surface area contributed by atoms with Crippen LogP contribution in [-0.4, -0.2) is 53.3 Å². The minimum atomic E-state index is -0.448. The molecule has 0 aliphatic heterocycles. The van der Waals surface area contributed by atoms with Crippen molar-refractivity contribution in [3.8, 4) is 11.1 Å². The van der Waals surface area contributed by atoms with Gasteiger partial charge in [-0.1, -0.05) is 44.9 Å². The van der Waals surface area contributed by atoms with Gasteiger partial charge in [0.25, 0.3) is 0 Å². The van der Waals surface area contributed by atoms with Crippen molar-refractivity contribution in [2.24, 2.45) is 17.8 Å². The maximum atomic E-state index is 13.9. The third kappa shape index (κ3) is 9.70. The number of ether oxygens (including phenoxy) is 4. The molecular formula is C47H57NO8. The fourth-order valence-corrected chi connectivity index (χ4v) is 9.13. The number of fused-ring (bicyclic) bond motifs is 1. The molecule has 4 aliphatic carbocycles. The Morgan fingerprint density at radius 3 is 1.62 bits per heavy atom. The summed E-state index contributed by atoms with van der Waals surface area (Å²) in [6.07, 6.45) is 18.7. The molecule has 0 unspecified atom stereocenters. The maximum absolute atomic E-state index is 13.9. The summed E-state index contributed by atoms with van der Waals surface area (Å²) in [5.41, 5.74) is 3.37. The zero-order chi connectivity index (χ0) is 39.0. The molecule has 3 fully saturated rings. The molecule has 0 bridgehead atoms. The normalized spacial score (nSPS) is 26.8. The Morgan fingerprint density at radius 1 is 0.554 bits per heavy atom. The molecule has 56 heavy (non-hydrogen) atoms. The van der Waals surface area contributed by atoms with Gasteiger partial charge in [0, 0.05) is 18.0 Å². The lowest BCUT2D eigenvalue weighted by molar-refractivity contribution is -0.158. The Hall–Kier alpha value is -4.53. The van der Waals surface area contributed by atoms with Crippen LogP contribution in [0.2, 0.25) is 0 Å². The fourth-order valence-electron chi connectivity index (χ4n) is 9.13. The first-order chi connectivity index (χ1) is 27.3. The summed E-state index contributed by atoms with van der Waals surface area (Å²) in [6, 6.07) is 12.9. The van der Waals surface area contributed by atoms with E-state index in [2.05, 4.69) is 18.8 Å². The Kier molecular flexibility index (Phi) is 13.2. The first-order valence-electron chi connectivity index (χ1n) is 21.3. The molecule has 7 rings (SSSR count). The highest BCUT2D eigenvalue weighted by Crippen LogP contribution is 2.35. The van der Waals surface area contributed by atoms with Crippen molar-refractivity contribution in [3.63, 3.8) is 0 Å². The van der Waals surface area contributed by atoms with E-state index in [1.807, 2.05) is 36.4 Å². The van der Waals surface area contributed by atoms with Gasteiger partial charge in [-0.2, -0.15) is 0 Å². The highest BCUT2D eigenvalue weighted by Gasteiger charge is 2.33. The number of hydrogen-bond donors (Lipinski definition) is 0. The molecule has 1 atom stereocenters. The summed E-state index contributed by atoms with van der Waals surface area (Å²) in [6.45, 7) is 4.41. The first kappa shape index (κ1) is 39.7. The molecule has 3 aromatic rings. The highest BCUT2D eigenvalue weighted by molar-refractivity contribution is 6.12. The maximum Gasteiger partial charge on any atom is 0.339 e. The molecule has 1 aromatic heterocycles. The van der Waals surface area contributed by atoms with Crippen molar-refractivity contribution >= 4 is 34.6 Å². The fraction of sp³-hybridized carbons (Fsp3) is 0.553. The van der Waals surface area contributed by atoms with Gasteiger partial charge in [-0.05, 0) is 160 Å². The molecule has 298 valence electrons. The number of hydrogen-bond acceptors (Lipinski definition) is 9. The summed E-state index contributed by atoms with van der Waals surface area (Å²) in [5.74, 6) is 0.210. The molecule has 9 heteroatoms. The van der Waals surface area contributed by atoms with Gasteiger partial charge in [-0.3, -0.25) is 9.78 Å². The SMILES string of the molecule is CCC1CCC(C(=O)OC2CCC(OC(=O)c3ccc(C(=O)OC4CCC(OC(=O)C5=CC[C@@H](CC)CC5)CC4)c4ccc(-c5ccncc5)cc34)CC2)CC1. The van der Waals surface area contributed by atoms with Crippen molar-refractivity contribution in [1.82, 2.24) is 4.98 Å². The molecule has 9 nitrogen and oxygen atoms in total. The largest absolute Gasteiger partial charge is 0.462 e. The lowest BCUT2D eigenvalue weighted by atomic mass is 9.81. The number of benzene rings is 2. The van der Waals surface area contributed by atoms with Crippen LogP contribution in [0.25, 0.3) is 21.9 Å². The number of carbonyl (C=O) groups excluding carboxylic acids is 4. The second-order valence-electron chi connectivity index (χ2n) is 16.5. The molecule has 0 spiro atoms. The monoisotopic (exact) mass is 763 g/mol. The lowest BCUT2D eigenvalue weighted by Gasteiger charge is -2.31. The predicted octanol–water partition coefficient (Wildman–Crippen LogP) is 10.3. The van der Waals surface area contributed by atoms with Gasteiger partial charge in [0.15, 0.2) is 0 Å². The molecule has 1 heterocycles. The minimum absolute atomic E-state index is 0.00320. The van der Waals surface area contributed by atoms with Gasteiger partial charge in [-0.25, -0.2) is 14.4 Å². The van der Waals surface area contributed by atoms with Gasteiger partial charge in [-0.15, -0.1) is 0 Å². The number of aromatic nitrogens is 1. The van der Waals surface area contributed by atoms with Gasteiger partial charge in [0.05, 0.1) is 17.0 Å². The standard InChI is InChI=1S/C47H57NO8/c1-3-30-5-9-33(10-6-30)44(49)53-36-14-18-38(19-15-36)55-46(51)41-23-24-42(43-29-35(13-22-40(41)43)32-25-27-48-28-26-32)47(52)56-39-20-16-37(17-21-39)54-45(50)34-11-7-31(4-2)8-12-34/h9,13,22-31,34,36-39H,3-8,10-12,14-21H2,1-2H3/t30-,31?,34?,36?,37?,38?,39?/m1/s1. The van der Waals surface area contributed by atoms with Crippen molar-refractivity contribution in [2.45, 2.75) is 147 Å². The predicted molar refractivity (Wildman–Crippen MR) is 214 cm³/mol. The van der Waals surface area contributed by atoms with Crippen LogP contribution >= 0.6 is 0 Å². The van der Waals surface area contributed by atoms with Crippen LogP contribution in [-0.2, 0) is 28.5 Å². The zero-order valence-corrected chi connectivity index (χ0v) is 33.0. The van der Waals surface area contributed by atoms with Gasteiger partial charge >= 0.3 is 23.9 Å². The van der Waals surface area contributed by atoms with Crippen LogP contribution in [0.3, 0.4) is 0 Å². The second kappa shape index (κ2) is 18.6. The molecule has 2 aromatic carbocycles. The smallest absolute Gasteiger partial charge is 0.339 e. The Labute approximate surface area is 330 Å². The molecular weight excluding hydrogens is 707 g/mol. The van der Waals surface area contributed by atoms with Crippen LogP contribution in [0, 0.1) is 17.8 Å². The molecule has 0 radical (unpaired) electrons. The van der Waals surface area contributed by atoms with E-state index in [1.54, 1.807) is 24.5 Å². The third-order valence-corrected chi connectivity index (χ3v) is 12.9. The van der Waals surface area contributed by atoms with E-state index in [4.69, 9.17) is 18.9 Å². The van der Waals surface area contributed by atoms with Gasteiger partial charge in [0.1, 0.15) is 24.4 Å². The Bertz CT molecular complexity index is 1880. The molecule has 0 amide bonds. The molecule has 0 saturated heterocycles. The van der Waals surface area contributed by atoms with E-state index >= 15 is 0 Å². The number of nitrogens with zero attached hydrogens (tertiary/aromatic N) is 1. The van der Waals surface area contributed by atoms with Crippen LogP contribution in [0.4, 0.5) is 0 Å². The van der Waals surface area contributed by atoms with Crippen molar-refractivity contribution in [3.05, 3.63) is 77.6 Å². The topological polar surface area (TPSA) is 118 Å². The van der Waals surface area contributed by atoms with E-state index < -0.39 is 11.9 Å². The Balaban J connectivity index is 0.978. The summed E-state index contributed by atoms with van der Waals surface area (Å²) in [4.78, 5) is 57.5. The second-order valence-corrected chi connectivity index (χ2v) is 16.5. The molecule has 0 N–H and O–H groups in total. The number of pyridine rings is 1. The lowest BCUT2D eigenvalue weighted by Crippen LogP contribution is -2.32.